The second kappa shape index (κ2) is 6.59. The van der Waals surface area contributed by atoms with Gasteiger partial charge in [-0.25, -0.2) is 0 Å². The minimum Gasteiger partial charge on any atom is -0.389 e. The van der Waals surface area contributed by atoms with Crippen LogP contribution in [0.2, 0.25) is 0 Å². The van der Waals surface area contributed by atoms with Crippen molar-refractivity contribution in [1.82, 2.24) is 4.72 Å². The highest BCUT2D eigenvalue weighted by atomic mass is 32.2. The van der Waals surface area contributed by atoms with Crippen molar-refractivity contribution in [2.75, 3.05) is 5.75 Å². The summed E-state index contributed by atoms with van der Waals surface area (Å²) in [6, 6.07) is 0. The van der Waals surface area contributed by atoms with Gasteiger partial charge in [-0.3, -0.25) is 9.52 Å². The predicted molar refractivity (Wildman–Crippen MR) is 51.9 cm³/mol. The first kappa shape index (κ1) is 12.1. The van der Waals surface area contributed by atoms with Crippen LogP contribution < -0.4 is 4.72 Å². The maximum atomic E-state index is 10.7. The SMILES string of the molecule is CCC(=O)NSC(O)C(O)CS. The van der Waals surface area contributed by atoms with Gasteiger partial charge in [-0.2, -0.15) is 12.6 Å². The molecule has 0 heterocycles. The Morgan fingerprint density at radius 3 is 2.67 bits per heavy atom. The molecule has 0 saturated carbocycles. The average Bonchev–Trinajstić information content (AvgIpc) is 2.11. The molecule has 0 radical (unpaired) electrons. The number of nitrogens with one attached hydrogen (secondary N) is 1. The summed E-state index contributed by atoms with van der Waals surface area (Å²) in [7, 11) is 0. The molecule has 0 spiro atoms. The molecule has 0 aliphatic rings. The van der Waals surface area contributed by atoms with Crippen LogP contribution in [0.15, 0.2) is 0 Å². The summed E-state index contributed by atoms with van der Waals surface area (Å²) < 4.78 is 2.38. The maximum Gasteiger partial charge on any atom is 0.229 e. The molecule has 0 saturated heterocycles. The quantitative estimate of drug-likeness (QED) is 0.288. The summed E-state index contributed by atoms with van der Waals surface area (Å²) in [5.74, 6) is -0.0127. The van der Waals surface area contributed by atoms with Gasteiger partial charge < -0.3 is 10.2 Å². The topological polar surface area (TPSA) is 69.6 Å². The Morgan fingerprint density at radius 1 is 1.67 bits per heavy atom. The Labute approximate surface area is 81.3 Å². The molecule has 72 valence electrons. The van der Waals surface area contributed by atoms with Crippen LogP contribution in [0.25, 0.3) is 0 Å². The van der Waals surface area contributed by atoms with Gasteiger partial charge in [0.25, 0.3) is 0 Å². The molecule has 0 bridgehead atoms. The third kappa shape index (κ3) is 4.87. The summed E-state index contributed by atoms with van der Waals surface area (Å²) in [6.07, 6.45) is -0.563. The average molecular weight is 211 g/mol. The number of amides is 1. The van der Waals surface area contributed by atoms with E-state index in [1.807, 2.05) is 0 Å². The van der Waals surface area contributed by atoms with E-state index < -0.39 is 11.5 Å². The molecule has 3 N–H and O–H groups in total. The Bertz CT molecular complexity index is 145. The second-order valence-electron chi connectivity index (χ2n) is 2.14. The minimum absolute atomic E-state index is 0.163. The highest BCUT2D eigenvalue weighted by Gasteiger charge is 2.15. The summed E-state index contributed by atoms with van der Waals surface area (Å²) in [5, 5.41) is 18.1. The van der Waals surface area contributed by atoms with E-state index >= 15 is 0 Å². The van der Waals surface area contributed by atoms with E-state index in [-0.39, 0.29) is 11.7 Å². The number of carbonyl (C=O) groups is 1. The monoisotopic (exact) mass is 211 g/mol. The first-order chi connectivity index (χ1) is 5.61. The van der Waals surface area contributed by atoms with Gasteiger partial charge in [0.05, 0.1) is 6.10 Å². The smallest absolute Gasteiger partial charge is 0.229 e. The Balaban J connectivity index is 3.56. The zero-order valence-electron chi connectivity index (χ0n) is 6.73. The molecule has 0 aromatic heterocycles. The van der Waals surface area contributed by atoms with Gasteiger partial charge in [0.2, 0.25) is 5.91 Å². The third-order valence-corrected chi connectivity index (χ3v) is 2.41. The van der Waals surface area contributed by atoms with Gasteiger partial charge in [-0.15, -0.1) is 0 Å². The van der Waals surface area contributed by atoms with Crippen LogP contribution in [0, 0.1) is 0 Å². The van der Waals surface area contributed by atoms with Crippen molar-refractivity contribution >= 4 is 30.5 Å². The summed E-state index contributed by atoms with van der Waals surface area (Å²) in [5.41, 5.74) is -1.02. The molecule has 2 atom stereocenters. The number of hydrogen-bond acceptors (Lipinski definition) is 5. The number of hydrogen-bond donors (Lipinski definition) is 4. The molecular formula is C6H13NO3S2. The third-order valence-electron chi connectivity index (χ3n) is 1.13. The zero-order chi connectivity index (χ0) is 9.56. The highest BCUT2D eigenvalue weighted by Crippen LogP contribution is 2.09. The molecular weight excluding hydrogens is 198 g/mol. The lowest BCUT2D eigenvalue weighted by molar-refractivity contribution is -0.118. The van der Waals surface area contributed by atoms with Crippen LogP contribution in [0.1, 0.15) is 13.3 Å². The van der Waals surface area contributed by atoms with Crippen molar-refractivity contribution in [3.8, 4) is 0 Å². The van der Waals surface area contributed by atoms with E-state index in [0.29, 0.717) is 6.42 Å². The van der Waals surface area contributed by atoms with E-state index in [4.69, 9.17) is 10.2 Å². The van der Waals surface area contributed by atoms with Crippen molar-refractivity contribution in [3.63, 3.8) is 0 Å². The molecule has 4 nitrogen and oxygen atoms in total. The Kier molecular flexibility index (Phi) is 6.64. The van der Waals surface area contributed by atoms with Gasteiger partial charge in [0.1, 0.15) is 5.44 Å². The second-order valence-corrected chi connectivity index (χ2v) is 3.43. The standard InChI is InChI=1S/C6H13NO3S2/c1-2-5(9)7-12-6(10)4(8)3-11/h4,6,8,10-11H,2-3H2,1H3,(H,7,9). The Morgan fingerprint density at radius 2 is 2.25 bits per heavy atom. The number of rotatable bonds is 5. The van der Waals surface area contributed by atoms with Crippen LogP contribution >= 0.6 is 24.6 Å². The molecule has 0 aromatic carbocycles. The van der Waals surface area contributed by atoms with E-state index in [9.17, 15) is 4.79 Å². The maximum absolute atomic E-state index is 10.7. The fraction of sp³-hybridized carbons (Fsp3) is 0.833. The van der Waals surface area contributed by atoms with Crippen molar-refractivity contribution < 1.29 is 15.0 Å². The molecule has 0 aliphatic heterocycles. The van der Waals surface area contributed by atoms with Crippen LogP contribution in [0.3, 0.4) is 0 Å². The number of aliphatic hydroxyl groups is 2. The van der Waals surface area contributed by atoms with E-state index in [0.717, 1.165) is 11.9 Å². The summed E-state index contributed by atoms with van der Waals surface area (Å²) in [6.45, 7) is 1.71. The first-order valence-corrected chi connectivity index (χ1v) is 5.04. The van der Waals surface area contributed by atoms with Gasteiger partial charge in [0, 0.05) is 12.2 Å². The van der Waals surface area contributed by atoms with Gasteiger partial charge >= 0.3 is 0 Å². The lowest BCUT2D eigenvalue weighted by Crippen LogP contribution is -2.29. The Hall–Kier alpha value is 0.0900. The van der Waals surface area contributed by atoms with Crippen LogP contribution in [-0.2, 0) is 4.79 Å². The van der Waals surface area contributed by atoms with Crippen LogP contribution in [-0.4, -0.2) is 33.4 Å². The van der Waals surface area contributed by atoms with Crippen molar-refractivity contribution in [2.45, 2.75) is 24.9 Å². The first-order valence-electron chi connectivity index (χ1n) is 3.53. The number of aliphatic hydroxyl groups excluding tert-OH is 2. The van der Waals surface area contributed by atoms with Gasteiger partial charge in [0.15, 0.2) is 0 Å². The van der Waals surface area contributed by atoms with Crippen LogP contribution in [0.5, 0.6) is 0 Å². The molecule has 1 amide bonds. The molecule has 2 unspecified atom stereocenters. The van der Waals surface area contributed by atoms with E-state index in [1.165, 1.54) is 0 Å². The highest BCUT2D eigenvalue weighted by molar-refractivity contribution is 7.98. The minimum atomic E-state index is -1.02. The van der Waals surface area contributed by atoms with Gasteiger partial charge in [-0.1, -0.05) is 6.92 Å². The molecule has 0 aliphatic carbocycles. The largest absolute Gasteiger partial charge is 0.389 e. The number of carbonyl (C=O) groups excluding carboxylic acids is 1. The fourth-order valence-corrected chi connectivity index (χ4v) is 1.36. The van der Waals surface area contributed by atoms with Crippen molar-refractivity contribution in [2.24, 2.45) is 0 Å². The van der Waals surface area contributed by atoms with Gasteiger partial charge in [-0.05, 0) is 11.9 Å². The fourth-order valence-electron chi connectivity index (χ4n) is 0.367. The predicted octanol–water partition coefficient (Wildman–Crippen LogP) is -0.230. The molecule has 0 aromatic rings. The zero-order valence-corrected chi connectivity index (χ0v) is 8.44. The summed E-state index contributed by atoms with van der Waals surface area (Å²) in [4.78, 5) is 10.7. The molecule has 0 rings (SSSR count). The lowest BCUT2D eigenvalue weighted by atomic mass is 10.4. The number of thiol groups is 1. The normalized spacial score (nSPS) is 15.3. The lowest BCUT2D eigenvalue weighted by Gasteiger charge is -2.14. The molecule has 6 heteroatoms. The molecule has 0 fully saturated rings. The summed E-state index contributed by atoms with van der Waals surface area (Å²) >= 11 is 4.59. The van der Waals surface area contributed by atoms with Crippen LogP contribution in [0.4, 0.5) is 0 Å². The molecule has 12 heavy (non-hydrogen) atoms. The van der Waals surface area contributed by atoms with Crippen molar-refractivity contribution in [3.05, 3.63) is 0 Å². The van der Waals surface area contributed by atoms with E-state index in [2.05, 4.69) is 17.4 Å². The van der Waals surface area contributed by atoms with Crippen molar-refractivity contribution in [1.29, 1.82) is 0 Å². The van der Waals surface area contributed by atoms with E-state index in [1.54, 1.807) is 6.92 Å².